The maximum absolute atomic E-state index is 11.8. The average Bonchev–Trinajstić information content (AvgIpc) is 2.28. The molecule has 5 heteroatoms. The van der Waals surface area contributed by atoms with Gasteiger partial charge in [-0.3, -0.25) is 4.79 Å². The van der Waals surface area contributed by atoms with E-state index in [1.165, 1.54) is 0 Å². The Balaban J connectivity index is 1.94. The maximum Gasteiger partial charge on any atom is 0.337 e. The zero-order chi connectivity index (χ0) is 13.3. The zero-order valence-electron chi connectivity index (χ0n) is 10.0. The van der Waals surface area contributed by atoms with Crippen LogP contribution >= 0.6 is 0 Å². The molecule has 1 aromatic carbocycles. The predicted molar refractivity (Wildman–Crippen MR) is 64.2 cm³/mol. The first-order chi connectivity index (χ1) is 8.42. The summed E-state index contributed by atoms with van der Waals surface area (Å²) in [7, 11) is 0. The zero-order valence-corrected chi connectivity index (χ0v) is 10.0. The van der Waals surface area contributed by atoms with E-state index in [0.29, 0.717) is 6.42 Å². The fourth-order valence-corrected chi connectivity index (χ4v) is 1.95. The number of aliphatic carboxylic acids is 1. The van der Waals surface area contributed by atoms with Gasteiger partial charge in [-0.25, -0.2) is 4.79 Å². The number of hydrogen-bond acceptors (Lipinski definition) is 3. The van der Waals surface area contributed by atoms with Gasteiger partial charge in [-0.05, 0) is 24.5 Å². The number of nitrogens with one attached hydrogen (secondary N) is 1. The second kappa shape index (κ2) is 4.42. The highest BCUT2D eigenvalue weighted by Crippen LogP contribution is 2.34. The number of carbonyl (C=O) groups is 2. The molecule has 1 aliphatic carbocycles. The lowest BCUT2D eigenvalue weighted by atomic mass is 9.77. The Morgan fingerprint density at radius 1 is 1.44 bits per heavy atom. The maximum atomic E-state index is 11.8. The highest BCUT2D eigenvalue weighted by Gasteiger charge is 2.35. The summed E-state index contributed by atoms with van der Waals surface area (Å²) >= 11 is 0. The number of rotatable bonds is 4. The van der Waals surface area contributed by atoms with Crippen LogP contribution in [-0.4, -0.2) is 34.2 Å². The van der Waals surface area contributed by atoms with Crippen LogP contribution in [0.1, 0.15) is 24.0 Å². The molecule has 0 heterocycles. The quantitative estimate of drug-likeness (QED) is 0.715. The number of carboxylic acids is 1. The summed E-state index contributed by atoms with van der Waals surface area (Å²) in [4.78, 5) is 22.5. The molecular formula is C13H15NO4. The van der Waals surface area contributed by atoms with Gasteiger partial charge in [0.1, 0.15) is 0 Å². The van der Waals surface area contributed by atoms with Crippen LogP contribution in [-0.2, 0) is 16.0 Å². The van der Waals surface area contributed by atoms with Crippen molar-refractivity contribution in [2.24, 2.45) is 0 Å². The number of hydrogen-bond donors (Lipinski definition) is 3. The molecule has 0 radical (unpaired) electrons. The Labute approximate surface area is 104 Å². The summed E-state index contributed by atoms with van der Waals surface area (Å²) in [5.41, 5.74) is 0.187. The number of amides is 1. The highest BCUT2D eigenvalue weighted by molar-refractivity contribution is 5.87. The van der Waals surface area contributed by atoms with E-state index >= 15 is 0 Å². The monoisotopic (exact) mass is 249 g/mol. The van der Waals surface area contributed by atoms with Crippen LogP contribution in [0.2, 0.25) is 0 Å². The molecule has 0 bridgehead atoms. The third-order valence-electron chi connectivity index (χ3n) is 3.24. The lowest BCUT2D eigenvalue weighted by molar-refractivity contribution is -0.156. The number of benzene rings is 1. The van der Waals surface area contributed by atoms with Gasteiger partial charge in [0, 0.05) is 0 Å². The van der Waals surface area contributed by atoms with E-state index in [1.807, 2.05) is 24.3 Å². The van der Waals surface area contributed by atoms with Crippen molar-refractivity contribution in [2.45, 2.75) is 24.9 Å². The molecule has 3 N–H and O–H groups in total. The van der Waals surface area contributed by atoms with Crippen molar-refractivity contribution in [1.82, 2.24) is 5.32 Å². The minimum absolute atomic E-state index is 0.231. The molecule has 18 heavy (non-hydrogen) atoms. The van der Waals surface area contributed by atoms with Crippen LogP contribution < -0.4 is 5.32 Å². The fourth-order valence-electron chi connectivity index (χ4n) is 1.95. The third kappa shape index (κ3) is 2.22. The Morgan fingerprint density at radius 3 is 2.72 bits per heavy atom. The van der Waals surface area contributed by atoms with Gasteiger partial charge in [0.15, 0.2) is 5.60 Å². The summed E-state index contributed by atoms with van der Waals surface area (Å²) < 4.78 is 0. The van der Waals surface area contributed by atoms with Crippen LogP contribution in [0, 0.1) is 0 Å². The van der Waals surface area contributed by atoms with E-state index in [2.05, 4.69) is 5.32 Å². The van der Waals surface area contributed by atoms with E-state index in [1.54, 1.807) is 0 Å². The van der Waals surface area contributed by atoms with E-state index < -0.39 is 11.6 Å². The fraction of sp³-hybridized carbons (Fsp3) is 0.385. The summed E-state index contributed by atoms with van der Waals surface area (Å²) in [5.74, 6) is -1.82. The standard InChI is InChI=1S/C13H15NO4/c1-13(18,12(16)17)7-14-11(15)10-6-8-4-2-3-5-9(8)10/h2-5,10,18H,6-7H2,1H3,(H,14,15)(H,16,17). The Morgan fingerprint density at radius 2 is 2.11 bits per heavy atom. The predicted octanol–water partition coefficient (Wildman–Crippen LogP) is 0.278. The summed E-state index contributed by atoms with van der Waals surface area (Å²) in [6.45, 7) is 0.865. The van der Waals surface area contributed by atoms with Crippen LogP contribution in [0.25, 0.3) is 0 Å². The van der Waals surface area contributed by atoms with E-state index in [-0.39, 0.29) is 18.4 Å². The largest absolute Gasteiger partial charge is 0.479 e. The lowest BCUT2D eigenvalue weighted by Gasteiger charge is -2.29. The Kier molecular flexibility index (Phi) is 3.09. The molecule has 2 atom stereocenters. The minimum atomic E-state index is -1.93. The van der Waals surface area contributed by atoms with Crippen LogP contribution in [0.15, 0.2) is 24.3 Å². The third-order valence-corrected chi connectivity index (χ3v) is 3.24. The first-order valence-corrected chi connectivity index (χ1v) is 5.73. The van der Waals surface area contributed by atoms with Gasteiger partial charge < -0.3 is 15.5 Å². The van der Waals surface area contributed by atoms with Gasteiger partial charge >= 0.3 is 5.97 Å². The van der Waals surface area contributed by atoms with Crippen molar-refractivity contribution in [3.05, 3.63) is 35.4 Å². The summed E-state index contributed by atoms with van der Waals surface area (Å²) in [6.07, 6.45) is 0.664. The molecule has 0 aromatic heterocycles. The molecule has 5 nitrogen and oxygen atoms in total. The summed E-state index contributed by atoms with van der Waals surface area (Å²) in [6, 6.07) is 7.64. The number of fused-ring (bicyclic) bond motifs is 1. The van der Waals surface area contributed by atoms with Crippen molar-refractivity contribution in [1.29, 1.82) is 0 Å². The number of carboxylic acid groups (broad SMARTS) is 1. The molecule has 2 rings (SSSR count). The highest BCUT2D eigenvalue weighted by atomic mass is 16.4. The van der Waals surface area contributed by atoms with Gasteiger partial charge in [0.25, 0.3) is 0 Å². The molecule has 0 fully saturated rings. The van der Waals surface area contributed by atoms with Crippen molar-refractivity contribution in [2.75, 3.05) is 6.54 Å². The normalized spacial score (nSPS) is 20.2. The van der Waals surface area contributed by atoms with E-state index in [9.17, 15) is 14.7 Å². The molecule has 0 saturated carbocycles. The molecule has 2 unspecified atom stereocenters. The first kappa shape index (κ1) is 12.6. The van der Waals surface area contributed by atoms with Gasteiger partial charge in [-0.1, -0.05) is 24.3 Å². The second-order valence-corrected chi connectivity index (χ2v) is 4.75. The van der Waals surface area contributed by atoms with Crippen molar-refractivity contribution >= 4 is 11.9 Å². The molecule has 96 valence electrons. The molecule has 0 spiro atoms. The Hall–Kier alpha value is -1.88. The topological polar surface area (TPSA) is 86.6 Å². The van der Waals surface area contributed by atoms with Crippen molar-refractivity contribution in [3.63, 3.8) is 0 Å². The van der Waals surface area contributed by atoms with Gasteiger partial charge in [-0.2, -0.15) is 0 Å². The van der Waals surface area contributed by atoms with Gasteiger partial charge in [0.05, 0.1) is 12.5 Å². The van der Waals surface area contributed by atoms with Crippen LogP contribution in [0.4, 0.5) is 0 Å². The van der Waals surface area contributed by atoms with E-state index in [4.69, 9.17) is 5.11 Å². The second-order valence-electron chi connectivity index (χ2n) is 4.75. The summed E-state index contributed by atoms with van der Waals surface area (Å²) in [5, 5.41) is 20.7. The van der Waals surface area contributed by atoms with Crippen LogP contribution in [0.3, 0.4) is 0 Å². The number of carbonyl (C=O) groups excluding carboxylic acids is 1. The van der Waals surface area contributed by atoms with Crippen LogP contribution in [0.5, 0.6) is 0 Å². The SMILES string of the molecule is CC(O)(CNC(=O)C1Cc2ccccc21)C(=O)O. The van der Waals surface area contributed by atoms with Gasteiger partial charge in [-0.15, -0.1) is 0 Å². The van der Waals surface area contributed by atoms with E-state index in [0.717, 1.165) is 18.1 Å². The number of aliphatic hydroxyl groups is 1. The first-order valence-electron chi connectivity index (χ1n) is 5.73. The smallest absolute Gasteiger partial charge is 0.337 e. The molecule has 1 aromatic rings. The molecule has 1 amide bonds. The molecule has 0 saturated heterocycles. The molecular weight excluding hydrogens is 234 g/mol. The Bertz CT molecular complexity index is 496. The molecule has 0 aliphatic heterocycles. The average molecular weight is 249 g/mol. The van der Waals surface area contributed by atoms with Crippen molar-refractivity contribution < 1.29 is 19.8 Å². The lowest BCUT2D eigenvalue weighted by Crippen LogP contribution is -2.48. The molecule has 1 aliphatic rings. The van der Waals surface area contributed by atoms with Crippen molar-refractivity contribution in [3.8, 4) is 0 Å². The van der Waals surface area contributed by atoms with Gasteiger partial charge in [0.2, 0.25) is 5.91 Å². The minimum Gasteiger partial charge on any atom is -0.479 e.